The van der Waals surface area contributed by atoms with Crippen LogP contribution in [-0.4, -0.2) is 4.98 Å². The normalized spacial score (nSPS) is 10.8. The molecule has 0 saturated carbocycles. The minimum Gasteiger partial charge on any atom is -0.398 e. The van der Waals surface area contributed by atoms with Crippen LogP contribution in [-0.2, 0) is 0 Å². The van der Waals surface area contributed by atoms with Gasteiger partial charge in [0.15, 0.2) is 11.6 Å². The molecule has 3 rings (SSSR count). The number of nitrogen functional groups attached to an aromatic ring is 1. The van der Waals surface area contributed by atoms with Gasteiger partial charge in [0, 0.05) is 46.7 Å². The SMILES string of the molecule is Nc1ccc(Nc2cc(F)cc(F)c2F)c2ccncc12. The molecule has 1 heterocycles. The predicted octanol–water partition coefficient (Wildman–Crippen LogP) is 3.98. The summed E-state index contributed by atoms with van der Waals surface area (Å²) in [5.41, 5.74) is 6.54. The van der Waals surface area contributed by atoms with Gasteiger partial charge in [-0.25, -0.2) is 13.2 Å². The van der Waals surface area contributed by atoms with Crippen LogP contribution in [0.5, 0.6) is 0 Å². The Morgan fingerprint density at radius 1 is 0.952 bits per heavy atom. The monoisotopic (exact) mass is 289 g/mol. The molecule has 6 heteroatoms. The highest BCUT2D eigenvalue weighted by molar-refractivity contribution is 6.01. The summed E-state index contributed by atoms with van der Waals surface area (Å²) in [6.07, 6.45) is 3.12. The molecule has 0 aliphatic rings. The maximum Gasteiger partial charge on any atom is 0.182 e. The number of nitrogens with two attached hydrogens (primary N) is 1. The highest BCUT2D eigenvalue weighted by Gasteiger charge is 2.12. The number of anilines is 3. The standard InChI is InChI=1S/C15H10F3N3/c16-8-5-11(17)15(18)14(6-8)21-13-2-1-12(19)10-7-20-4-3-9(10)13/h1-7,21H,19H2. The Bertz CT molecular complexity index is 834. The number of nitrogens with zero attached hydrogens (tertiary/aromatic N) is 1. The fourth-order valence-corrected chi connectivity index (χ4v) is 2.11. The van der Waals surface area contributed by atoms with Crippen LogP contribution < -0.4 is 11.1 Å². The van der Waals surface area contributed by atoms with Crippen molar-refractivity contribution in [3.8, 4) is 0 Å². The van der Waals surface area contributed by atoms with E-state index < -0.39 is 17.5 Å². The van der Waals surface area contributed by atoms with Crippen molar-refractivity contribution in [2.75, 3.05) is 11.1 Å². The molecule has 0 amide bonds. The van der Waals surface area contributed by atoms with Crippen LogP contribution in [0.2, 0.25) is 0 Å². The maximum atomic E-state index is 13.7. The number of pyridine rings is 1. The molecule has 0 aliphatic carbocycles. The zero-order valence-electron chi connectivity index (χ0n) is 10.7. The fourth-order valence-electron chi connectivity index (χ4n) is 2.11. The third kappa shape index (κ3) is 2.35. The van der Waals surface area contributed by atoms with Crippen molar-refractivity contribution >= 4 is 27.8 Å². The Hall–Kier alpha value is -2.76. The number of halogens is 3. The number of hydrogen-bond donors (Lipinski definition) is 2. The summed E-state index contributed by atoms with van der Waals surface area (Å²) >= 11 is 0. The molecule has 0 fully saturated rings. The molecule has 0 saturated heterocycles. The van der Waals surface area contributed by atoms with Crippen molar-refractivity contribution in [3.05, 3.63) is 60.2 Å². The average molecular weight is 289 g/mol. The molecule has 3 aromatic rings. The lowest BCUT2D eigenvalue weighted by Crippen LogP contribution is -1.99. The Morgan fingerprint density at radius 3 is 2.57 bits per heavy atom. The van der Waals surface area contributed by atoms with E-state index in [0.717, 1.165) is 6.07 Å². The van der Waals surface area contributed by atoms with Crippen molar-refractivity contribution in [3.63, 3.8) is 0 Å². The van der Waals surface area contributed by atoms with E-state index in [-0.39, 0.29) is 5.69 Å². The smallest absolute Gasteiger partial charge is 0.182 e. The van der Waals surface area contributed by atoms with Crippen LogP contribution in [0.15, 0.2) is 42.7 Å². The van der Waals surface area contributed by atoms with E-state index in [0.29, 0.717) is 28.2 Å². The summed E-state index contributed by atoms with van der Waals surface area (Å²) in [4.78, 5) is 3.97. The second-order valence-electron chi connectivity index (χ2n) is 4.50. The first-order chi connectivity index (χ1) is 10.1. The highest BCUT2D eigenvalue weighted by Crippen LogP contribution is 2.31. The minimum atomic E-state index is -1.25. The molecule has 0 aliphatic heterocycles. The molecule has 3 N–H and O–H groups in total. The summed E-state index contributed by atoms with van der Waals surface area (Å²) in [5, 5.41) is 4.03. The van der Waals surface area contributed by atoms with Crippen molar-refractivity contribution in [2.45, 2.75) is 0 Å². The molecule has 1 aromatic heterocycles. The molecule has 2 aromatic carbocycles. The number of benzene rings is 2. The zero-order valence-corrected chi connectivity index (χ0v) is 10.7. The molecule has 0 unspecified atom stereocenters. The van der Waals surface area contributed by atoms with E-state index in [9.17, 15) is 13.2 Å². The van der Waals surface area contributed by atoms with Crippen LogP contribution in [0, 0.1) is 17.5 Å². The second-order valence-corrected chi connectivity index (χ2v) is 4.50. The number of rotatable bonds is 2. The van der Waals surface area contributed by atoms with E-state index in [1.54, 1.807) is 30.6 Å². The Kier molecular flexibility index (Phi) is 3.13. The van der Waals surface area contributed by atoms with E-state index in [2.05, 4.69) is 10.3 Å². The summed E-state index contributed by atoms with van der Waals surface area (Å²) in [6.45, 7) is 0. The fraction of sp³-hybridized carbons (Fsp3) is 0. The van der Waals surface area contributed by atoms with Crippen LogP contribution in [0.3, 0.4) is 0 Å². The molecule has 21 heavy (non-hydrogen) atoms. The first kappa shape index (κ1) is 13.2. The van der Waals surface area contributed by atoms with E-state index in [1.807, 2.05) is 0 Å². The van der Waals surface area contributed by atoms with Crippen molar-refractivity contribution in [2.24, 2.45) is 0 Å². The lowest BCUT2D eigenvalue weighted by atomic mass is 10.1. The third-order valence-electron chi connectivity index (χ3n) is 3.11. The lowest BCUT2D eigenvalue weighted by molar-refractivity contribution is 0.498. The molecule has 0 spiro atoms. The second kappa shape index (κ2) is 4.97. The molecule has 0 radical (unpaired) electrons. The van der Waals surface area contributed by atoms with E-state index in [4.69, 9.17) is 5.73 Å². The predicted molar refractivity (Wildman–Crippen MR) is 75.8 cm³/mol. The van der Waals surface area contributed by atoms with Crippen LogP contribution in [0.1, 0.15) is 0 Å². The quantitative estimate of drug-likeness (QED) is 0.554. The van der Waals surface area contributed by atoms with Gasteiger partial charge >= 0.3 is 0 Å². The molecule has 0 atom stereocenters. The lowest BCUT2D eigenvalue weighted by Gasteiger charge is -2.12. The van der Waals surface area contributed by atoms with E-state index in [1.165, 1.54) is 0 Å². The van der Waals surface area contributed by atoms with Crippen LogP contribution >= 0.6 is 0 Å². The molecular formula is C15H10F3N3. The van der Waals surface area contributed by atoms with Crippen LogP contribution in [0.25, 0.3) is 10.8 Å². The maximum absolute atomic E-state index is 13.7. The van der Waals surface area contributed by atoms with Crippen LogP contribution in [0.4, 0.5) is 30.2 Å². The van der Waals surface area contributed by atoms with Gasteiger partial charge in [0.2, 0.25) is 0 Å². The first-order valence-corrected chi connectivity index (χ1v) is 6.10. The highest BCUT2D eigenvalue weighted by atomic mass is 19.2. The number of aromatic nitrogens is 1. The summed E-state index contributed by atoms with van der Waals surface area (Å²) < 4.78 is 40.2. The number of hydrogen-bond acceptors (Lipinski definition) is 3. The first-order valence-electron chi connectivity index (χ1n) is 6.10. The van der Waals surface area contributed by atoms with Gasteiger partial charge < -0.3 is 11.1 Å². The van der Waals surface area contributed by atoms with Gasteiger partial charge in [-0.1, -0.05) is 0 Å². The van der Waals surface area contributed by atoms with Gasteiger partial charge in [-0.15, -0.1) is 0 Å². The van der Waals surface area contributed by atoms with Gasteiger partial charge in [-0.05, 0) is 18.2 Å². The Labute approximate surface area is 118 Å². The zero-order chi connectivity index (χ0) is 15.0. The van der Waals surface area contributed by atoms with Crippen molar-refractivity contribution < 1.29 is 13.2 Å². The van der Waals surface area contributed by atoms with Crippen molar-refractivity contribution in [1.82, 2.24) is 4.98 Å². The Balaban J connectivity index is 2.13. The largest absolute Gasteiger partial charge is 0.398 e. The van der Waals surface area contributed by atoms with E-state index >= 15 is 0 Å². The van der Waals surface area contributed by atoms with Gasteiger partial charge in [-0.2, -0.15) is 0 Å². The minimum absolute atomic E-state index is 0.282. The molecule has 106 valence electrons. The van der Waals surface area contributed by atoms with Gasteiger partial charge in [0.25, 0.3) is 0 Å². The van der Waals surface area contributed by atoms with Gasteiger partial charge in [-0.3, -0.25) is 4.98 Å². The summed E-state index contributed by atoms with van der Waals surface area (Å²) in [5.74, 6) is -3.26. The number of fused-ring (bicyclic) bond motifs is 1. The molecule has 3 nitrogen and oxygen atoms in total. The summed E-state index contributed by atoms with van der Waals surface area (Å²) in [7, 11) is 0. The molecular weight excluding hydrogens is 279 g/mol. The summed E-state index contributed by atoms with van der Waals surface area (Å²) in [6, 6.07) is 6.29. The average Bonchev–Trinajstić information content (AvgIpc) is 2.47. The van der Waals surface area contributed by atoms with Gasteiger partial charge in [0.05, 0.1) is 5.69 Å². The van der Waals surface area contributed by atoms with Crippen molar-refractivity contribution in [1.29, 1.82) is 0 Å². The Morgan fingerprint density at radius 2 is 1.76 bits per heavy atom. The molecule has 0 bridgehead atoms. The third-order valence-corrected chi connectivity index (χ3v) is 3.11. The topological polar surface area (TPSA) is 50.9 Å². The number of nitrogens with one attached hydrogen (secondary N) is 1. The van der Waals surface area contributed by atoms with Gasteiger partial charge in [0.1, 0.15) is 5.82 Å².